The Morgan fingerprint density at radius 3 is 2.62 bits per heavy atom. The summed E-state index contributed by atoms with van der Waals surface area (Å²) in [4.78, 5) is 23.1. The van der Waals surface area contributed by atoms with Gasteiger partial charge < -0.3 is 14.3 Å². The number of fused-ring (bicyclic) bond motifs is 1. The van der Waals surface area contributed by atoms with E-state index in [2.05, 4.69) is 5.10 Å². The molecule has 3 aromatic rings. The molecule has 0 unspecified atom stereocenters. The van der Waals surface area contributed by atoms with Crippen LogP contribution in [0.1, 0.15) is 10.5 Å². The van der Waals surface area contributed by atoms with Crippen LogP contribution in [-0.2, 0) is 0 Å². The van der Waals surface area contributed by atoms with Crippen LogP contribution in [-0.4, -0.2) is 28.0 Å². The van der Waals surface area contributed by atoms with Crippen molar-refractivity contribution in [3.63, 3.8) is 0 Å². The predicted molar refractivity (Wildman–Crippen MR) is 73.1 cm³/mol. The summed E-state index contributed by atoms with van der Waals surface area (Å²) in [6.45, 7) is 0. The first kappa shape index (κ1) is 12.9. The van der Waals surface area contributed by atoms with Gasteiger partial charge in [0.25, 0.3) is 0 Å². The third kappa shape index (κ3) is 2.04. The summed E-state index contributed by atoms with van der Waals surface area (Å²) in [5.41, 5.74) is -0.482. The molecule has 0 aliphatic rings. The fraction of sp³-hybridized carbons (Fsp3) is 0.0714. The lowest BCUT2D eigenvalue weighted by molar-refractivity contribution is 0.0687. The van der Waals surface area contributed by atoms with E-state index >= 15 is 0 Å². The van der Waals surface area contributed by atoms with Crippen LogP contribution >= 0.6 is 0 Å². The molecule has 0 saturated carbocycles. The van der Waals surface area contributed by atoms with Crippen LogP contribution in [0.5, 0.6) is 5.75 Å². The Morgan fingerprint density at radius 2 is 2.00 bits per heavy atom. The number of aromatic carboxylic acids is 1. The Bertz CT molecular complexity index is 877. The maximum absolute atomic E-state index is 12.0. The molecule has 0 aliphatic carbocycles. The maximum Gasteiger partial charge on any atom is 0.360 e. The second-order valence-corrected chi connectivity index (χ2v) is 4.23. The molecule has 3 rings (SSSR count). The molecule has 106 valence electrons. The van der Waals surface area contributed by atoms with Crippen molar-refractivity contribution in [2.24, 2.45) is 0 Å². The molecule has 2 aromatic heterocycles. The van der Waals surface area contributed by atoms with Crippen LogP contribution in [0.2, 0.25) is 0 Å². The average Bonchev–Trinajstić information content (AvgIpc) is 2.97. The van der Waals surface area contributed by atoms with E-state index in [4.69, 9.17) is 14.3 Å². The van der Waals surface area contributed by atoms with Crippen molar-refractivity contribution in [1.29, 1.82) is 0 Å². The highest BCUT2D eigenvalue weighted by molar-refractivity contribution is 5.89. The van der Waals surface area contributed by atoms with Crippen molar-refractivity contribution >= 4 is 17.1 Å². The number of carboxylic acid groups (broad SMARTS) is 1. The van der Waals surface area contributed by atoms with Gasteiger partial charge in [0.15, 0.2) is 0 Å². The van der Waals surface area contributed by atoms with Gasteiger partial charge in [-0.05, 0) is 30.3 Å². The van der Waals surface area contributed by atoms with Crippen LogP contribution in [0, 0.1) is 0 Å². The number of furan rings is 1. The van der Waals surface area contributed by atoms with Crippen LogP contribution in [0.25, 0.3) is 16.8 Å². The number of rotatable bonds is 3. The molecule has 0 fully saturated rings. The quantitative estimate of drug-likeness (QED) is 0.787. The predicted octanol–water partition coefficient (Wildman–Crippen LogP) is 1.69. The van der Waals surface area contributed by atoms with Crippen LogP contribution in [0.3, 0.4) is 0 Å². The average molecular weight is 286 g/mol. The van der Waals surface area contributed by atoms with E-state index in [1.54, 1.807) is 31.4 Å². The molecule has 1 N–H and O–H groups in total. The Morgan fingerprint density at radius 1 is 1.29 bits per heavy atom. The number of carbonyl (C=O) groups is 1. The van der Waals surface area contributed by atoms with Crippen molar-refractivity contribution in [3.05, 3.63) is 52.5 Å². The lowest BCUT2D eigenvalue weighted by Crippen LogP contribution is -2.21. The number of hydrogen-bond donors (Lipinski definition) is 1. The van der Waals surface area contributed by atoms with Crippen LogP contribution in [0.4, 0.5) is 0 Å². The van der Waals surface area contributed by atoms with Gasteiger partial charge in [0.05, 0.1) is 24.4 Å². The highest BCUT2D eigenvalue weighted by atomic mass is 16.5. The van der Waals surface area contributed by atoms with Crippen molar-refractivity contribution in [2.45, 2.75) is 0 Å². The standard InChI is InChI=1S/C14H10N2O5/c1-20-9-4-2-8(3-5-9)16-13-10(6-7-21-13)12(17)11(15-16)14(18)19/h2-7H,1H3,(H,18,19). The van der Waals surface area contributed by atoms with Gasteiger partial charge in [-0.25, -0.2) is 4.79 Å². The van der Waals surface area contributed by atoms with E-state index in [0.717, 1.165) is 0 Å². The number of carboxylic acids is 1. The van der Waals surface area contributed by atoms with E-state index in [9.17, 15) is 9.59 Å². The molecule has 7 nitrogen and oxygen atoms in total. The van der Waals surface area contributed by atoms with Gasteiger partial charge in [-0.2, -0.15) is 9.78 Å². The zero-order chi connectivity index (χ0) is 15.0. The first-order chi connectivity index (χ1) is 10.1. The SMILES string of the molecule is COc1ccc(-n2nc(C(=O)O)c(=O)c3ccoc32)cc1. The summed E-state index contributed by atoms with van der Waals surface area (Å²) in [5.74, 6) is -0.737. The summed E-state index contributed by atoms with van der Waals surface area (Å²) in [5, 5.41) is 13.1. The lowest BCUT2D eigenvalue weighted by atomic mass is 10.2. The minimum atomic E-state index is -1.38. The minimum Gasteiger partial charge on any atom is -0.497 e. The molecule has 0 saturated heterocycles. The number of hydrogen-bond acceptors (Lipinski definition) is 5. The summed E-state index contributed by atoms with van der Waals surface area (Å²) in [6, 6.07) is 8.19. The van der Waals surface area contributed by atoms with Crippen molar-refractivity contribution in [3.8, 4) is 11.4 Å². The van der Waals surface area contributed by atoms with E-state index in [1.165, 1.54) is 17.0 Å². The van der Waals surface area contributed by atoms with Crippen LogP contribution in [0.15, 0.2) is 45.8 Å². The summed E-state index contributed by atoms with van der Waals surface area (Å²) in [6.07, 6.45) is 1.32. The third-order valence-electron chi connectivity index (χ3n) is 3.02. The molecule has 0 aliphatic heterocycles. The topological polar surface area (TPSA) is 94.6 Å². The van der Waals surface area contributed by atoms with E-state index < -0.39 is 17.1 Å². The van der Waals surface area contributed by atoms with Crippen molar-refractivity contribution in [1.82, 2.24) is 9.78 Å². The number of benzene rings is 1. The van der Waals surface area contributed by atoms with Gasteiger partial charge in [-0.15, -0.1) is 0 Å². The number of aromatic nitrogens is 2. The van der Waals surface area contributed by atoms with Gasteiger partial charge in [-0.3, -0.25) is 4.79 Å². The summed E-state index contributed by atoms with van der Waals surface area (Å²) < 4.78 is 11.6. The minimum absolute atomic E-state index is 0.165. The second-order valence-electron chi connectivity index (χ2n) is 4.23. The molecule has 21 heavy (non-hydrogen) atoms. The molecule has 1 aromatic carbocycles. The van der Waals surface area contributed by atoms with Crippen molar-refractivity contribution < 1.29 is 19.1 Å². The molecule has 7 heteroatoms. The highest BCUT2D eigenvalue weighted by Crippen LogP contribution is 2.19. The summed E-state index contributed by atoms with van der Waals surface area (Å²) >= 11 is 0. The van der Waals surface area contributed by atoms with Crippen molar-refractivity contribution in [2.75, 3.05) is 7.11 Å². The van der Waals surface area contributed by atoms with Gasteiger partial charge in [0.1, 0.15) is 5.75 Å². The normalized spacial score (nSPS) is 10.7. The Labute approximate surface area is 118 Å². The van der Waals surface area contributed by atoms with Crippen LogP contribution < -0.4 is 10.2 Å². The number of nitrogens with zero attached hydrogens (tertiary/aromatic N) is 2. The zero-order valence-electron chi connectivity index (χ0n) is 10.9. The van der Waals surface area contributed by atoms with Gasteiger partial charge in [0.2, 0.25) is 16.8 Å². The van der Waals surface area contributed by atoms with Gasteiger partial charge in [-0.1, -0.05) is 0 Å². The smallest absolute Gasteiger partial charge is 0.360 e. The molecular weight excluding hydrogens is 276 g/mol. The van der Waals surface area contributed by atoms with E-state index in [-0.39, 0.29) is 11.1 Å². The second kappa shape index (κ2) is 4.78. The Kier molecular flexibility index (Phi) is 2.94. The Balaban J connectivity index is 2.30. The molecular formula is C14H10N2O5. The Hall–Kier alpha value is -3.09. The molecule has 0 bridgehead atoms. The van der Waals surface area contributed by atoms with Gasteiger partial charge in [0, 0.05) is 0 Å². The summed E-state index contributed by atoms with van der Waals surface area (Å²) in [7, 11) is 1.54. The fourth-order valence-electron chi connectivity index (χ4n) is 1.99. The first-order valence-electron chi connectivity index (χ1n) is 6.00. The lowest BCUT2D eigenvalue weighted by Gasteiger charge is -2.08. The zero-order valence-corrected chi connectivity index (χ0v) is 10.9. The molecule has 0 amide bonds. The molecule has 0 spiro atoms. The van der Waals surface area contributed by atoms with Gasteiger partial charge >= 0.3 is 5.97 Å². The fourth-order valence-corrected chi connectivity index (χ4v) is 1.99. The number of ether oxygens (including phenoxy) is 1. The first-order valence-corrected chi connectivity index (χ1v) is 6.00. The van der Waals surface area contributed by atoms with E-state index in [0.29, 0.717) is 11.4 Å². The third-order valence-corrected chi connectivity index (χ3v) is 3.02. The van der Waals surface area contributed by atoms with E-state index in [1.807, 2.05) is 0 Å². The highest BCUT2D eigenvalue weighted by Gasteiger charge is 2.19. The monoisotopic (exact) mass is 286 g/mol. The largest absolute Gasteiger partial charge is 0.497 e. The molecule has 0 atom stereocenters. The molecule has 0 radical (unpaired) electrons. The molecule has 2 heterocycles. The number of methoxy groups -OCH3 is 1. The maximum atomic E-state index is 12.0.